The Balaban J connectivity index is 2.08. The standard InChI is InChI=1S/C16H15NO2/c1-12-7-13(9-17)5-6-15(12)11-19-16-4-2-3-14(8-16)10-18/h2-8,18H,10-11H2,1H3. The smallest absolute Gasteiger partial charge is 0.120 e. The Bertz CT molecular complexity index is 614. The molecule has 96 valence electrons. The highest BCUT2D eigenvalue weighted by Crippen LogP contribution is 2.17. The van der Waals surface area contributed by atoms with Gasteiger partial charge in [0, 0.05) is 0 Å². The van der Waals surface area contributed by atoms with Crippen molar-refractivity contribution in [3.05, 3.63) is 64.7 Å². The van der Waals surface area contributed by atoms with E-state index in [0.29, 0.717) is 12.2 Å². The van der Waals surface area contributed by atoms with Crippen molar-refractivity contribution in [2.24, 2.45) is 0 Å². The molecular weight excluding hydrogens is 238 g/mol. The van der Waals surface area contributed by atoms with Gasteiger partial charge in [0.1, 0.15) is 12.4 Å². The Labute approximate surface area is 112 Å². The molecule has 2 rings (SSSR count). The number of rotatable bonds is 4. The molecule has 0 saturated carbocycles. The van der Waals surface area contributed by atoms with Gasteiger partial charge >= 0.3 is 0 Å². The highest BCUT2D eigenvalue weighted by atomic mass is 16.5. The van der Waals surface area contributed by atoms with Crippen molar-refractivity contribution in [2.45, 2.75) is 20.1 Å². The van der Waals surface area contributed by atoms with Gasteiger partial charge in [0.25, 0.3) is 0 Å². The third kappa shape index (κ3) is 3.34. The number of aryl methyl sites for hydroxylation is 1. The van der Waals surface area contributed by atoms with Crippen molar-refractivity contribution >= 4 is 0 Å². The van der Waals surface area contributed by atoms with Crippen LogP contribution >= 0.6 is 0 Å². The van der Waals surface area contributed by atoms with Crippen LogP contribution in [-0.4, -0.2) is 5.11 Å². The van der Waals surface area contributed by atoms with E-state index >= 15 is 0 Å². The quantitative estimate of drug-likeness (QED) is 0.911. The summed E-state index contributed by atoms with van der Waals surface area (Å²) in [5.74, 6) is 0.732. The Morgan fingerprint density at radius 3 is 2.74 bits per heavy atom. The Morgan fingerprint density at radius 2 is 2.05 bits per heavy atom. The average Bonchev–Trinajstić information content (AvgIpc) is 2.46. The average molecular weight is 253 g/mol. The van der Waals surface area contributed by atoms with Gasteiger partial charge < -0.3 is 9.84 Å². The van der Waals surface area contributed by atoms with Crippen LogP contribution in [0.2, 0.25) is 0 Å². The first-order valence-electron chi connectivity index (χ1n) is 6.05. The summed E-state index contributed by atoms with van der Waals surface area (Å²) in [6.45, 7) is 2.42. The van der Waals surface area contributed by atoms with Gasteiger partial charge in [0.05, 0.1) is 18.2 Å². The summed E-state index contributed by atoms with van der Waals surface area (Å²) in [4.78, 5) is 0. The minimum atomic E-state index is 0.00704. The van der Waals surface area contributed by atoms with Crippen LogP contribution in [0.5, 0.6) is 5.75 Å². The largest absolute Gasteiger partial charge is 0.489 e. The number of ether oxygens (including phenoxy) is 1. The summed E-state index contributed by atoms with van der Waals surface area (Å²) >= 11 is 0. The predicted molar refractivity (Wildman–Crippen MR) is 72.6 cm³/mol. The van der Waals surface area contributed by atoms with Crippen LogP contribution in [-0.2, 0) is 13.2 Å². The fraction of sp³-hybridized carbons (Fsp3) is 0.188. The molecule has 0 aliphatic heterocycles. The molecular formula is C16H15NO2. The number of aliphatic hydroxyl groups excluding tert-OH is 1. The second-order valence-electron chi connectivity index (χ2n) is 4.35. The van der Waals surface area contributed by atoms with Crippen molar-refractivity contribution < 1.29 is 9.84 Å². The third-order valence-electron chi connectivity index (χ3n) is 2.95. The molecule has 0 unspecified atom stereocenters. The van der Waals surface area contributed by atoms with E-state index in [0.717, 1.165) is 22.4 Å². The van der Waals surface area contributed by atoms with E-state index < -0.39 is 0 Å². The number of nitriles is 1. The molecule has 2 aromatic rings. The minimum Gasteiger partial charge on any atom is -0.489 e. The van der Waals surface area contributed by atoms with Gasteiger partial charge in [-0.15, -0.1) is 0 Å². The van der Waals surface area contributed by atoms with E-state index in [4.69, 9.17) is 15.1 Å². The van der Waals surface area contributed by atoms with Gasteiger partial charge in [-0.05, 0) is 47.9 Å². The maximum Gasteiger partial charge on any atom is 0.120 e. The summed E-state index contributed by atoms with van der Waals surface area (Å²) in [5.41, 5.74) is 3.57. The van der Waals surface area contributed by atoms with Crippen LogP contribution in [0.1, 0.15) is 22.3 Å². The highest BCUT2D eigenvalue weighted by Gasteiger charge is 2.02. The van der Waals surface area contributed by atoms with Crippen molar-refractivity contribution in [1.82, 2.24) is 0 Å². The number of aliphatic hydroxyl groups is 1. The van der Waals surface area contributed by atoms with E-state index in [1.165, 1.54) is 0 Å². The molecule has 2 aromatic carbocycles. The van der Waals surface area contributed by atoms with Gasteiger partial charge in [0.15, 0.2) is 0 Å². The fourth-order valence-corrected chi connectivity index (χ4v) is 1.82. The molecule has 0 aromatic heterocycles. The maximum absolute atomic E-state index is 9.06. The summed E-state index contributed by atoms with van der Waals surface area (Å²) in [5, 5.41) is 17.9. The van der Waals surface area contributed by atoms with Crippen LogP contribution in [0.25, 0.3) is 0 Å². The molecule has 0 radical (unpaired) electrons. The molecule has 1 N–H and O–H groups in total. The van der Waals surface area contributed by atoms with Gasteiger partial charge in [-0.25, -0.2) is 0 Å². The predicted octanol–water partition coefficient (Wildman–Crippen LogP) is 2.94. The topological polar surface area (TPSA) is 53.2 Å². The zero-order chi connectivity index (χ0) is 13.7. The molecule has 19 heavy (non-hydrogen) atoms. The zero-order valence-corrected chi connectivity index (χ0v) is 10.8. The van der Waals surface area contributed by atoms with Crippen molar-refractivity contribution in [3.63, 3.8) is 0 Å². The lowest BCUT2D eigenvalue weighted by Crippen LogP contribution is -1.98. The lowest BCUT2D eigenvalue weighted by Gasteiger charge is -2.09. The first-order valence-corrected chi connectivity index (χ1v) is 6.05. The van der Waals surface area contributed by atoms with E-state index in [-0.39, 0.29) is 6.61 Å². The van der Waals surface area contributed by atoms with E-state index in [9.17, 15) is 0 Å². The van der Waals surface area contributed by atoms with Crippen LogP contribution in [0, 0.1) is 18.3 Å². The maximum atomic E-state index is 9.06. The number of hydrogen-bond acceptors (Lipinski definition) is 3. The molecule has 3 heteroatoms. The number of benzene rings is 2. The number of hydrogen-bond donors (Lipinski definition) is 1. The SMILES string of the molecule is Cc1cc(C#N)ccc1COc1cccc(CO)c1. The van der Waals surface area contributed by atoms with Crippen LogP contribution in [0.3, 0.4) is 0 Å². The third-order valence-corrected chi connectivity index (χ3v) is 2.95. The van der Waals surface area contributed by atoms with Gasteiger partial charge in [-0.2, -0.15) is 5.26 Å². The highest BCUT2D eigenvalue weighted by molar-refractivity contribution is 5.37. The first kappa shape index (κ1) is 13.1. The minimum absolute atomic E-state index is 0.00704. The van der Waals surface area contributed by atoms with Crippen LogP contribution in [0.4, 0.5) is 0 Å². The summed E-state index contributed by atoms with van der Waals surface area (Å²) < 4.78 is 5.69. The molecule has 0 atom stereocenters. The second kappa shape index (κ2) is 6.03. The second-order valence-corrected chi connectivity index (χ2v) is 4.35. The Kier molecular flexibility index (Phi) is 4.17. The van der Waals surface area contributed by atoms with Crippen molar-refractivity contribution in [2.75, 3.05) is 0 Å². The Hall–Kier alpha value is -2.31. The lowest BCUT2D eigenvalue weighted by atomic mass is 10.1. The molecule has 0 heterocycles. The number of nitrogens with zero attached hydrogens (tertiary/aromatic N) is 1. The van der Waals surface area contributed by atoms with Crippen LogP contribution < -0.4 is 4.74 Å². The first-order chi connectivity index (χ1) is 9.22. The van der Waals surface area contributed by atoms with Gasteiger partial charge in [0.2, 0.25) is 0 Å². The molecule has 0 spiro atoms. The normalized spacial score (nSPS) is 9.95. The van der Waals surface area contributed by atoms with Crippen LogP contribution in [0.15, 0.2) is 42.5 Å². The summed E-state index contributed by atoms with van der Waals surface area (Å²) in [7, 11) is 0. The van der Waals surface area contributed by atoms with Crippen molar-refractivity contribution in [1.29, 1.82) is 5.26 Å². The molecule has 0 bridgehead atoms. The molecule has 0 fully saturated rings. The summed E-state index contributed by atoms with van der Waals surface area (Å²) in [6, 6.07) is 15.0. The molecule has 0 amide bonds. The molecule has 0 aliphatic rings. The molecule has 0 saturated heterocycles. The van der Waals surface area contributed by atoms with Gasteiger partial charge in [-0.1, -0.05) is 18.2 Å². The van der Waals surface area contributed by atoms with Gasteiger partial charge in [-0.3, -0.25) is 0 Å². The Morgan fingerprint density at radius 1 is 1.21 bits per heavy atom. The van der Waals surface area contributed by atoms with E-state index in [1.54, 1.807) is 6.07 Å². The zero-order valence-electron chi connectivity index (χ0n) is 10.8. The van der Waals surface area contributed by atoms with Crippen molar-refractivity contribution in [3.8, 4) is 11.8 Å². The monoisotopic (exact) mass is 253 g/mol. The fourth-order valence-electron chi connectivity index (χ4n) is 1.82. The van der Waals surface area contributed by atoms with E-state index in [1.807, 2.05) is 43.3 Å². The van der Waals surface area contributed by atoms with E-state index in [2.05, 4.69) is 6.07 Å². The molecule has 3 nitrogen and oxygen atoms in total. The molecule has 0 aliphatic carbocycles. The lowest BCUT2D eigenvalue weighted by molar-refractivity contribution is 0.278. The summed E-state index contributed by atoms with van der Waals surface area (Å²) in [6.07, 6.45) is 0.